The van der Waals surface area contributed by atoms with Crippen LogP contribution in [0.3, 0.4) is 0 Å². The Hall–Kier alpha value is -4.63. The number of nitrogens with one attached hydrogen (secondary N) is 1. The average molecular weight is 466 g/mol. The van der Waals surface area contributed by atoms with Crippen molar-refractivity contribution in [3.05, 3.63) is 156 Å². The van der Waals surface area contributed by atoms with E-state index in [1.54, 1.807) is 0 Å². The van der Waals surface area contributed by atoms with Crippen LogP contribution in [0.1, 0.15) is 16.8 Å². The first-order valence-corrected chi connectivity index (χ1v) is 12.3. The lowest BCUT2D eigenvalue weighted by atomic mass is 10.1. The molecule has 36 heavy (non-hydrogen) atoms. The van der Waals surface area contributed by atoms with Gasteiger partial charge >= 0.3 is 0 Å². The number of likely N-dealkylation sites (N-methyl/N-ethyl adjacent to an activating group) is 1. The van der Waals surface area contributed by atoms with Gasteiger partial charge in [0.15, 0.2) is 0 Å². The van der Waals surface area contributed by atoms with Gasteiger partial charge in [-0.25, -0.2) is 4.99 Å². The molecule has 2 aliphatic rings. The molecule has 3 heteroatoms. The SMILES string of the molecule is CN1\C(=C/C=C/C(=C2/C=CC(c3ccccc3)=N2)c2ccc(-c3ccccc3)[nH]2)Cc2ccccc21. The third kappa shape index (κ3) is 4.27. The summed E-state index contributed by atoms with van der Waals surface area (Å²) >= 11 is 0. The van der Waals surface area contributed by atoms with Crippen LogP contribution in [0.2, 0.25) is 0 Å². The molecule has 1 N–H and O–H groups in total. The second-order valence-electron chi connectivity index (χ2n) is 9.03. The van der Waals surface area contributed by atoms with Crippen molar-refractivity contribution in [2.75, 3.05) is 11.9 Å². The number of aliphatic imine (C=N–C) groups is 1. The Morgan fingerprint density at radius 2 is 1.53 bits per heavy atom. The van der Waals surface area contributed by atoms with Gasteiger partial charge in [0.1, 0.15) is 0 Å². The van der Waals surface area contributed by atoms with Crippen LogP contribution >= 0.6 is 0 Å². The van der Waals surface area contributed by atoms with Gasteiger partial charge in [0.25, 0.3) is 0 Å². The number of nitrogens with zero attached hydrogens (tertiary/aromatic N) is 2. The van der Waals surface area contributed by atoms with Crippen LogP contribution in [0.5, 0.6) is 0 Å². The van der Waals surface area contributed by atoms with Crippen LogP contribution in [-0.2, 0) is 6.42 Å². The van der Waals surface area contributed by atoms with Gasteiger partial charge in [-0.3, -0.25) is 0 Å². The van der Waals surface area contributed by atoms with Crippen LogP contribution in [0.4, 0.5) is 5.69 Å². The normalized spacial score (nSPS) is 17.2. The van der Waals surface area contributed by atoms with E-state index in [1.165, 1.54) is 22.5 Å². The van der Waals surface area contributed by atoms with Gasteiger partial charge in [-0.1, -0.05) is 91.0 Å². The molecule has 4 aromatic rings. The second kappa shape index (κ2) is 9.55. The van der Waals surface area contributed by atoms with Crippen molar-refractivity contribution >= 4 is 17.0 Å². The van der Waals surface area contributed by atoms with Gasteiger partial charge in [0, 0.05) is 47.4 Å². The number of hydrogen-bond acceptors (Lipinski definition) is 2. The Morgan fingerprint density at radius 3 is 2.31 bits per heavy atom. The summed E-state index contributed by atoms with van der Waals surface area (Å²) in [6, 6.07) is 33.6. The Balaban J connectivity index is 1.37. The van der Waals surface area contributed by atoms with Crippen molar-refractivity contribution in [1.82, 2.24) is 4.98 Å². The minimum absolute atomic E-state index is 0.944. The van der Waals surface area contributed by atoms with E-state index in [0.717, 1.165) is 40.4 Å². The van der Waals surface area contributed by atoms with E-state index in [1.807, 2.05) is 24.3 Å². The summed E-state index contributed by atoms with van der Waals surface area (Å²) in [5.41, 5.74) is 11.4. The second-order valence-corrected chi connectivity index (χ2v) is 9.03. The van der Waals surface area contributed by atoms with Crippen molar-refractivity contribution in [2.45, 2.75) is 6.42 Å². The van der Waals surface area contributed by atoms with Gasteiger partial charge in [-0.15, -0.1) is 0 Å². The number of anilines is 1. The highest BCUT2D eigenvalue weighted by atomic mass is 15.1. The molecule has 3 heterocycles. The van der Waals surface area contributed by atoms with E-state index in [2.05, 4.69) is 120 Å². The quantitative estimate of drug-likeness (QED) is 0.323. The molecule has 2 aliphatic heterocycles. The molecule has 0 saturated carbocycles. The first-order chi connectivity index (χ1) is 17.8. The van der Waals surface area contributed by atoms with Gasteiger partial charge in [-0.05, 0) is 47.6 Å². The molecule has 6 rings (SSSR count). The fourth-order valence-corrected chi connectivity index (χ4v) is 4.82. The highest BCUT2D eigenvalue weighted by Crippen LogP contribution is 2.33. The molecule has 0 amide bonds. The maximum atomic E-state index is 5.00. The number of H-pyrrole nitrogens is 1. The van der Waals surface area contributed by atoms with E-state index in [-0.39, 0.29) is 0 Å². The first kappa shape index (κ1) is 21.9. The number of para-hydroxylation sites is 1. The summed E-state index contributed by atoms with van der Waals surface area (Å²) in [7, 11) is 2.14. The number of aromatic nitrogens is 1. The standard InChI is InChI=1S/C33H27N3/c1-36-27(23-26-15-8-9-18-33(26)36)16-10-17-28(31-21-19-29(34-31)24-11-4-2-5-12-24)32-22-20-30(35-32)25-13-6-3-7-14-25/h2-22,34H,23H2,1H3/b17-10+,27-16-,32-28+. The van der Waals surface area contributed by atoms with E-state index in [4.69, 9.17) is 4.99 Å². The Labute approximate surface area is 212 Å². The monoisotopic (exact) mass is 465 g/mol. The van der Waals surface area contributed by atoms with E-state index in [0.29, 0.717) is 0 Å². The molecule has 0 aliphatic carbocycles. The van der Waals surface area contributed by atoms with Gasteiger partial charge in [0.2, 0.25) is 0 Å². The fourth-order valence-electron chi connectivity index (χ4n) is 4.82. The number of allylic oxidation sites excluding steroid dienone is 7. The Kier molecular flexibility index (Phi) is 5.80. The molecule has 0 atom stereocenters. The van der Waals surface area contributed by atoms with Gasteiger partial charge in [-0.2, -0.15) is 0 Å². The highest BCUT2D eigenvalue weighted by Gasteiger charge is 2.19. The summed E-state index contributed by atoms with van der Waals surface area (Å²) < 4.78 is 0. The molecule has 0 fully saturated rings. The molecule has 3 nitrogen and oxygen atoms in total. The molecule has 1 aromatic heterocycles. The smallest absolute Gasteiger partial charge is 0.0731 e. The molecule has 3 aromatic carbocycles. The summed E-state index contributed by atoms with van der Waals surface area (Å²) in [5.74, 6) is 0. The van der Waals surface area contributed by atoms with E-state index < -0.39 is 0 Å². The summed E-state index contributed by atoms with van der Waals surface area (Å²) in [6.45, 7) is 0. The number of fused-ring (bicyclic) bond motifs is 1. The molecular weight excluding hydrogens is 438 g/mol. The largest absolute Gasteiger partial charge is 0.354 e. The van der Waals surface area contributed by atoms with Crippen molar-refractivity contribution in [3.63, 3.8) is 0 Å². The summed E-state index contributed by atoms with van der Waals surface area (Å²) in [6.07, 6.45) is 11.7. The maximum absolute atomic E-state index is 5.00. The maximum Gasteiger partial charge on any atom is 0.0731 e. The zero-order valence-corrected chi connectivity index (χ0v) is 20.2. The lowest BCUT2D eigenvalue weighted by Gasteiger charge is -2.14. The molecule has 0 unspecified atom stereocenters. The Bertz CT molecular complexity index is 1550. The topological polar surface area (TPSA) is 31.4 Å². The summed E-state index contributed by atoms with van der Waals surface area (Å²) in [4.78, 5) is 10.9. The number of aromatic amines is 1. The predicted molar refractivity (Wildman–Crippen MR) is 151 cm³/mol. The van der Waals surface area contributed by atoms with Crippen LogP contribution < -0.4 is 4.90 Å². The predicted octanol–water partition coefficient (Wildman–Crippen LogP) is 7.58. The van der Waals surface area contributed by atoms with Crippen molar-refractivity contribution in [3.8, 4) is 11.3 Å². The highest BCUT2D eigenvalue weighted by molar-refractivity contribution is 6.12. The van der Waals surface area contributed by atoms with Crippen molar-refractivity contribution in [1.29, 1.82) is 0 Å². The third-order valence-electron chi connectivity index (χ3n) is 6.75. The molecule has 0 radical (unpaired) electrons. The van der Waals surface area contributed by atoms with Crippen LogP contribution in [0, 0.1) is 0 Å². The third-order valence-corrected chi connectivity index (χ3v) is 6.75. The zero-order valence-electron chi connectivity index (χ0n) is 20.2. The number of hydrogen-bond donors (Lipinski definition) is 1. The average Bonchev–Trinajstić information content (AvgIpc) is 3.68. The van der Waals surface area contributed by atoms with Crippen molar-refractivity contribution in [2.24, 2.45) is 4.99 Å². The molecule has 174 valence electrons. The molecule has 0 spiro atoms. The minimum atomic E-state index is 0.944. The lowest BCUT2D eigenvalue weighted by molar-refractivity contribution is 1.10. The van der Waals surface area contributed by atoms with E-state index >= 15 is 0 Å². The molecule has 0 saturated heterocycles. The van der Waals surface area contributed by atoms with Gasteiger partial charge < -0.3 is 9.88 Å². The van der Waals surface area contributed by atoms with Crippen LogP contribution in [-0.4, -0.2) is 17.7 Å². The first-order valence-electron chi connectivity index (χ1n) is 12.3. The van der Waals surface area contributed by atoms with Crippen molar-refractivity contribution < 1.29 is 0 Å². The zero-order chi connectivity index (χ0) is 24.3. The minimum Gasteiger partial charge on any atom is -0.354 e. The Morgan fingerprint density at radius 1 is 0.806 bits per heavy atom. The molecule has 0 bridgehead atoms. The van der Waals surface area contributed by atoms with Crippen LogP contribution in [0.15, 0.2) is 144 Å². The van der Waals surface area contributed by atoms with Gasteiger partial charge in [0.05, 0.1) is 11.4 Å². The van der Waals surface area contributed by atoms with Crippen LogP contribution in [0.25, 0.3) is 16.8 Å². The van der Waals surface area contributed by atoms with E-state index in [9.17, 15) is 0 Å². The number of benzene rings is 3. The fraction of sp³-hybridized carbons (Fsp3) is 0.0606. The summed E-state index contributed by atoms with van der Waals surface area (Å²) in [5, 5.41) is 0. The lowest BCUT2D eigenvalue weighted by Crippen LogP contribution is -2.10. The number of rotatable bonds is 5. The molecular formula is C33H27N3.